The number of ether oxygens (including phenoxy) is 1. The molecular formula is C16H22N2O2. The first-order chi connectivity index (χ1) is 9.75. The summed E-state index contributed by atoms with van der Waals surface area (Å²) in [6.45, 7) is 3.42. The van der Waals surface area contributed by atoms with Crippen LogP contribution >= 0.6 is 0 Å². The molecule has 0 saturated carbocycles. The lowest BCUT2D eigenvalue weighted by atomic mass is 9.97. The Labute approximate surface area is 120 Å². The number of hydrogen-bond donors (Lipinski definition) is 1. The van der Waals surface area contributed by atoms with Crippen LogP contribution in [0.2, 0.25) is 0 Å². The van der Waals surface area contributed by atoms with Crippen molar-refractivity contribution in [3.8, 4) is 0 Å². The number of rotatable bonds is 2. The van der Waals surface area contributed by atoms with Gasteiger partial charge in [-0.15, -0.1) is 0 Å². The molecule has 1 amide bonds. The average Bonchev–Trinajstić information content (AvgIpc) is 2.54. The summed E-state index contributed by atoms with van der Waals surface area (Å²) in [7, 11) is 1.91. The minimum Gasteiger partial charge on any atom is -0.381 e. The molecule has 0 aliphatic carbocycles. The van der Waals surface area contributed by atoms with Crippen LogP contribution in [0.3, 0.4) is 0 Å². The maximum Gasteiger partial charge on any atom is 0.253 e. The van der Waals surface area contributed by atoms with Gasteiger partial charge in [0.1, 0.15) is 0 Å². The molecule has 0 radical (unpaired) electrons. The number of amides is 1. The topological polar surface area (TPSA) is 41.6 Å². The third kappa shape index (κ3) is 2.72. The van der Waals surface area contributed by atoms with Crippen LogP contribution in [-0.4, -0.2) is 43.7 Å². The number of nitrogens with zero attached hydrogens (tertiary/aromatic N) is 1. The number of fused-ring (bicyclic) bond motifs is 1. The second kappa shape index (κ2) is 5.94. The van der Waals surface area contributed by atoms with E-state index in [1.165, 1.54) is 11.1 Å². The van der Waals surface area contributed by atoms with Gasteiger partial charge in [-0.3, -0.25) is 4.79 Å². The molecule has 1 aromatic carbocycles. The van der Waals surface area contributed by atoms with E-state index in [-0.39, 0.29) is 5.91 Å². The van der Waals surface area contributed by atoms with Gasteiger partial charge in [0.15, 0.2) is 0 Å². The highest BCUT2D eigenvalue weighted by atomic mass is 16.5. The predicted molar refractivity (Wildman–Crippen MR) is 77.8 cm³/mol. The summed E-state index contributed by atoms with van der Waals surface area (Å²) in [5, 5.41) is 3.36. The zero-order valence-corrected chi connectivity index (χ0v) is 12.0. The second-order valence-electron chi connectivity index (χ2n) is 5.67. The van der Waals surface area contributed by atoms with Crippen molar-refractivity contribution in [2.45, 2.75) is 31.8 Å². The van der Waals surface area contributed by atoms with Crippen molar-refractivity contribution in [2.24, 2.45) is 0 Å². The van der Waals surface area contributed by atoms with Crippen LogP contribution in [0.15, 0.2) is 18.2 Å². The largest absolute Gasteiger partial charge is 0.381 e. The van der Waals surface area contributed by atoms with Crippen LogP contribution < -0.4 is 5.32 Å². The summed E-state index contributed by atoms with van der Waals surface area (Å²) in [5.41, 5.74) is 3.44. The minimum absolute atomic E-state index is 0.130. The Hall–Kier alpha value is -1.39. The normalized spacial score (nSPS) is 19.4. The van der Waals surface area contributed by atoms with Crippen LogP contribution in [-0.2, 0) is 17.7 Å². The van der Waals surface area contributed by atoms with Crippen LogP contribution in [0, 0.1) is 0 Å². The van der Waals surface area contributed by atoms with Gasteiger partial charge < -0.3 is 15.0 Å². The maximum atomic E-state index is 12.6. The number of hydrogen-bond acceptors (Lipinski definition) is 3. The highest BCUT2D eigenvalue weighted by molar-refractivity contribution is 5.94. The third-order valence-corrected chi connectivity index (χ3v) is 4.40. The molecule has 2 heterocycles. The zero-order valence-electron chi connectivity index (χ0n) is 12.0. The summed E-state index contributed by atoms with van der Waals surface area (Å²) in [6, 6.07) is 6.45. The number of carbonyl (C=O) groups is 1. The Bertz CT molecular complexity index is 495. The van der Waals surface area contributed by atoms with E-state index in [1.54, 1.807) is 0 Å². The van der Waals surface area contributed by atoms with E-state index in [0.717, 1.165) is 51.1 Å². The molecule has 20 heavy (non-hydrogen) atoms. The Morgan fingerprint density at radius 1 is 1.30 bits per heavy atom. The van der Waals surface area contributed by atoms with Gasteiger partial charge in [0.05, 0.1) is 0 Å². The van der Waals surface area contributed by atoms with E-state index in [0.29, 0.717) is 6.04 Å². The molecule has 1 aromatic rings. The molecule has 2 aliphatic rings. The molecular weight excluding hydrogens is 252 g/mol. The van der Waals surface area contributed by atoms with Crippen LogP contribution in [0.4, 0.5) is 0 Å². The van der Waals surface area contributed by atoms with Crippen molar-refractivity contribution in [3.05, 3.63) is 34.9 Å². The summed E-state index contributed by atoms with van der Waals surface area (Å²) in [6.07, 6.45) is 2.93. The number of benzene rings is 1. The fraction of sp³-hybridized carbons (Fsp3) is 0.562. The van der Waals surface area contributed by atoms with Crippen LogP contribution in [0.25, 0.3) is 0 Å². The molecule has 0 atom stereocenters. The molecule has 108 valence electrons. The van der Waals surface area contributed by atoms with E-state index >= 15 is 0 Å². The Morgan fingerprint density at radius 2 is 2.10 bits per heavy atom. The highest BCUT2D eigenvalue weighted by Crippen LogP contribution is 2.19. The first-order valence-corrected chi connectivity index (χ1v) is 7.43. The van der Waals surface area contributed by atoms with Crippen molar-refractivity contribution in [1.82, 2.24) is 10.2 Å². The van der Waals surface area contributed by atoms with Gasteiger partial charge in [-0.25, -0.2) is 0 Å². The maximum absolute atomic E-state index is 12.6. The summed E-state index contributed by atoms with van der Waals surface area (Å²) in [4.78, 5) is 14.5. The SMILES string of the molecule is CN(C(=O)c1ccc2c(c1)CNCC2)C1CCOCC1. The summed E-state index contributed by atoms with van der Waals surface area (Å²) in [5.74, 6) is 0.130. The van der Waals surface area contributed by atoms with Gasteiger partial charge in [-0.1, -0.05) is 6.07 Å². The van der Waals surface area contributed by atoms with Gasteiger partial charge in [-0.05, 0) is 49.1 Å². The fourth-order valence-electron chi connectivity index (χ4n) is 3.06. The van der Waals surface area contributed by atoms with Crippen LogP contribution in [0.1, 0.15) is 34.3 Å². The third-order valence-electron chi connectivity index (χ3n) is 4.40. The molecule has 0 spiro atoms. The first kappa shape index (κ1) is 13.6. The van der Waals surface area contributed by atoms with Gasteiger partial charge in [0, 0.05) is 38.4 Å². The van der Waals surface area contributed by atoms with Gasteiger partial charge in [-0.2, -0.15) is 0 Å². The van der Waals surface area contributed by atoms with E-state index in [9.17, 15) is 4.79 Å². The summed E-state index contributed by atoms with van der Waals surface area (Å²) >= 11 is 0. The van der Waals surface area contributed by atoms with Gasteiger partial charge in [0.2, 0.25) is 0 Å². The van der Waals surface area contributed by atoms with Crippen molar-refractivity contribution >= 4 is 5.91 Å². The summed E-state index contributed by atoms with van der Waals surface area (Å²) < 4.78 is 5.36. The van der Waals surface area contributed by atoms with Crippen molar-refractivity contribution < 1.29 is 9.53 Å². The second-order valence-corrected chi connectivity index (χ2v) is 5.67. The molecule has 1 fully saturated rings. The number of carbonyl (C=O) groups excluding carboxylic acids is 1. The monoisotopic (exact) mass is 274 g/mol. The van der Waals surface area contributed by atoms with Crippen molar-refractivity contribution in [2.75, 3.05) is 26.8 Å². The lowest BCUT2D eigenvalue weighted by Crippen LogP contribution is -2.40. The number of nitrogens with one attached hydrogen (secondary N) is 1. The standard InChI is InChI=1S/C16H22N2O2/c1-18(15-5-8-20-9-6-15)16(19)13-3-2-12-4-7-17-11-14(12)10-13/h2-3,10,15,17H,4-9,11H2,1H3. The molecule has 0 unspecified atom stereocenters. The van der Waals surface area contributed by atoms with Gasteiger partial charge >= 0.3 is 0 Å². The Kier molecular flexibility index (Phi) is 4.03. The molecule has 1 N–H and O–H groups in total. The first-order valence-electron chi connectivity index (χ1n) is 7.43. The smallest absolute Gasteiger partial charge is 0.253 e. The quantitative estimate of drug-likeness (QED) is 0.890. The van der Waals surface area contributed by atoms with Crippen LogP contribution in [0.5, 0.6) is 0 Å². The molecule has 0 bridgehead atoms. The van der Waals surface area contributed by atoms with E-state index in [2.05, 4.69) is 17.4 Å². The van der Waals surface area contributed by atoms with E-state index in [1.807, 2.05) is 18.0 Å². The fourth-order valence-corrected chi connectivity index (χ4v) is 3.06. The van der Waals surface area contributed by atoms with E-state index in [4.69, 9.17) is 4.74 Å². The molecule has 4 nitrogen and oxygen atoms in total. The minimum atomic E-state index is 0.130. The molecule has 1 saturated heterocycles. The Morgan fingerprint density at radius 3 is 2.90 bits per heavy atom. The molecule has 3 rings (SSSR count). The van der Waals surface area contributed by atoms with Crippen molar-refractivity contribution in [3.63, 3.8) is 0 Å². The highest BCUT2D eigenvalue weighted by Gasteiger charge is 2.24. The predicted octanol–water partition coefficient (Wildman–Crippen LogP) is 1.58. The van der Waals surface area contributed by atoms with E-state index < -0.39 is 0 Å². The molecule has 0 aromatic heterocycles. The molecule has 2 aliphatic heterocycles. The zero-order chi connectivity index (χ0) is 13.9. The van der Waals surface area contributed by atoms with Crippen molar-refractivity contribution in [1.29, 1.82) is 0 Å². The van der Waals surface area contributed by atoms with Gasteiger partial charge in [0.25, 0.3) is 5.91 Å². The Balaban J connectivity index is 1.75. The lowest BCUT2D eigenvalue weighted by Gasteiger charge is -2.31. The average molecular weight is 274 g/mol. The molecule has 4 heteroatoms. The lowest BCUT2D eigenvalue weighted by molar-refractivity contribution is 0.0362.